The lowest BCUT2D eigenvalue weighted by Crippen LogP contribution is -2.38. The summed E-state index contributed by atoms with van der Waals surface area (Å²) in [4.78, 5) is 2.49. The van der Waals surface area contributed by atoms with E-state index in [-0.39, 0.29) is 0 Å². The highest BCUT2D eigenvalue weighted by molar-refractivity contribution is 5.79. The van der Waals surface area contributed by atoms with Crippen molar-refractivity contribution in [3.8, 4) is 0 Å². The van der Waals surface area contributed by atoms with Crippen molar-refractivity contribution in [1.82, 2.24) is 4.90 Å². The first kappa shape index (κ1) is 14.1. The molecule has 3 nitrogen and oxygen atoms in total. The largest absolute Gasteiger partial charge is 0.387 e. The van der Waals surface area contributed by atoms with Crippen molar-refractivity contribution < 1.29 is 0 Å². The van der Waals surface area contributed by atoms with Crippen LogP contribution in [-0.2, 0) is 6.54 Å². The van der Waals surface area contributed by atoms with Crippen molar-refractivity contribution in [2.24, 2.45) is 11.7 Å². The second-order valence-corrected chi connectivity index (χ2v) is 5.88. The summed E-state index contributed by atoms with van der Waals surface area (Å²) in [7, 11) is 0. The van der Waals surface area contributed by atoms with Crippen LogP contribution in [0.4, 0.5) is 0 Å². The SMILES string of the molecule is Cc1cc(C)c(CN2CCC(C(=N)N)CC2)c(C)c1. The summed E-state index contributed by atoms with van der Waals surface area (Å²) in [5.74, 6) is 0.666. The Balaban J connectivity index is 2.02. The third-order valence-corrected chi connectivity index (χ3v) is 4.25. The number of nitrogens with two attached hydrogens (primary N) is 1. The monoisotopic (exact) mass is 259 g/mol. The molecule has 104 valence electrons. The minimum Gasteiger partial charge on any atom is -0.387 e. The molecule has 1 aromatic carbocycles. The minimum absolute atomic E-state index is 0.302. The van der Waals surface area contributed by atoms with Gasteiger partial charge >= 0.3 is 0 Å². The molecular formula is C16H25N3. The Bertz CT molecular complexity index is 448. The molecule has 1 aliphatic rings. The fourth-order valence-electron chi connectivity index (χ4n) is 3.09. The molecule has 1 aliphatic heterocycles. The van der Waals surface area contributed by atoms with Gasteiger partial charge in [-0.1, -0.05) is 17.7 Å². The van der Waals surface area contributed by atoms with Crippen LogP contribution in [0.15, 0.2) is 12.1 Å². The Morgan fingerprint density at radius 1 is 1.21 bits per heavy atom. The maximum atomic E-state index is 7.53. The van der Waals surface area contributed by atoms with Crippen LogP contribution in [0.3, 0.4) is 0 Å². The molecule has 2 rings (SSSR count). The van der Waals surface area contributed by atoms with Gasteiger partial charge in [0.05, 0.1) is 5.84 Å². The number of nitrogens with zero attached hydrogens (tertiary/aromatic N) is 1. The van der Waals surface area contributed by atoms with Gasteiger partial charge in [-0.25, -0.2) is 0 Å². The van der Waals surface area contributed by atoms with Crippen LogP contribution in [0.1, 0.15) is 35.1 Å². The zero-order valence-electron chi connectivity index (χ0n) is 12.3. The summed E-state index contributed by atoms with van der Waals surface area (Å²) in [5, 5.41) is 7.53. The van der Waals surface area contributed by atoms with Gasteiger partial charge in [-0.05, 0) is 63.4 Å². The van der Waals surface area contributed by atoms with E-state index in [2.05, 4.69) is 37.8 Å². The number of hydrogen-bond acceptors (Lipinski definition) is 2. The molecule has 0 saturated carbocycles. The summed E-state index contributed by atoms with van der Waals surface area (Å²) in [5.41, 5.74) is 11.2. The van der Waals surface area contributed by atoms with Gasteiger partial charge in [0.15, 0.2) is 0 Å². The summed E-state index contributed by atoms with van der Waals surface area (Å²) in [6, 6.07) is 4.54. The van der Waals surface area contributed by atoms with Crippen molar-refractivity contribution in [1.29, 1.82) is 5.41 Å². The van der Waals surface area contributed by atoms with Crippen LogP contribution < -0.4 is 5.73 Å². The molecular weight excluding hydrogens is 234 g/mol. The Morgan fingerprint density at radius 3 is 2.21 bits per heavy atom. The van der Waals surface area contributed by atoms with Gasteiger partial charge in [-0.15, -0.1) is 0 Å². The fraction of sp³-hybridized carbons (Fsp3) is 0.562. The highest BCUT2D eigenvalue weighted by atomic mass is 15.1. The average Bonchev–Trinajstić information content (AvgIpc) is 2.34. The quantitative estimate of drug-likeness (QED) is 0.648. The van der Waals surface area contributed by atoms with Gasteiger partial charge in [-0.2, -0.15) is 0 Å². The number of benzene rings is 1. The van der Waals surface area contributed by atoms with Crippen LogP contribution in [0.5, 0.6) is 0 Å². The molecule has 3 N–H and O–H groups in total. The molecule has 0 amide bonds. The average molecular weight is 259 g/mol. The Morgan fingerprint density at radius 2 is 1.74 bits per heavy atom. The number of nitrogens with one attached hydrogen (secondary N) is 1. The molecule has 0 bridgehead atoms. The number of hydrogen-bond donors (Lipinski definition) is 2. The van der Waals surface area contributed by atoms with Gasteiger partial charge in [0, 0.05) is 12.5 Å². The third kappa shape index (κ3) is 3.35. The van der Waals surface area contributed by atoms with Gasteiger partial charge in [-0.3, -0.25) is 10.3 Å². The summed E-state index contributed by atoms with van der Waals surface area (Å²) in [6.07, 6.45) is 2.05. The van der Waals surface area contributed by atoms with E-state index in [9.17, 15) is 0 Å². The van der Waals surface area contributed by atoms with Gasteiger partial charge < -0.3 is 5.73 Å². The van der Waals surface area contributed by atoms with Crippen LogP contribution in [0.2, 0.25) is 0 Å². The molecule has 0 aromatic heterocycles. The van der Waals surface area contributed by atoms with E-state index in [0.717, 1.165) is 32.5 Å². The van der Waals surface area contributed by atoms with Crippen LogP contribution in [0.25, 0.3) is 0 Å². The molecule has 19 heavy (non-hydrogen) atoms. The van der Waals surface area contributed by atoms with Crippen molar-refractivity contribution >= 4 is 5.84 Å². The first-order valence-corrected chi connectivity index (χ1v) is 7.10. The molecule has 1 aromatic rings. The molecule has 3 heteroatoms. The van der Waals surface area contributed by atoms with E-state index >= 15 is 0 Å². The summed E-state index contributed by atoms with van der Waals surface area (Å²) >= 11 is 0. The lowest BCUT2D eigenvalue weighted by molar-refractivity contribution is 0.200. The smallest absolute Gasteiger partial charge is 0.0937 e. The number of aryl methyl sites for hydroxylation is 3. The molecule has 0 spiro atoms. The fourth-order valence-corrected chi connectivity index (χ4v) is 3.09. The molecule has 1 fully saturated rings. The number of rotatable bonds is 3. The topological polar surface area (TPSA) is 53.1 Å². The van der Waals surface area contributed by atoms with Crippen LogP contribution in [-0.4, -0.2) is 23.8 Å². The highest BCUT2D eigenvalue weighted by Crippen LogP contribution is 2.22. The van der Waals surface area contributed by atoms with Crippen LogP contribution >= 0.6 is 0 Å². The zero-order chi connectivity index (χ0) is 14.0. The van der Waals surface area contributed by atoms with Crippen molar-refractivity contribution in [3.63, 3.8) is 0 Å². The number of piperidine rings is 1. The predicted octanol–water partition coefficient (Wildman–Crippen LogP) is 2.76. The lowest BCUT2D eigenvalue weighted by atomic mass is 9.94. The van der Waals surface area contributed by atoms with Gasteiger partial charge in [0.2, 0.25) is 0 Å². The molecule has 0 atom stereocenters. The molecule has 1 heterocycles. The summed E-state index contributed by atoms with van der Waals surface area (Å²) in [6.45, 7) is 9.70. The molecule has 0 radical (unpaired) electrons. The Kier molecular flexibility index (Phi) is 4.25. The van der Waals surface area contributed by atoms with Crippen molar-refractivity contribution in [3.05, 3.63) is 34.4 Å². The van der Waals surface area contributed by atoms with E-state index < -0.39 is 0 Å². The lowest BCUT2D eigenvalue weighted by Gasteiger charge is -2.32. The first-order valence-electron chi connectivity index (χ1n) is 7.10. The van der Waals surface area contributed by atoms with Gasteiger partial charge in [0.1, 0.15) is 0 Å². The molecule has 1 saturated heterocycles. The maximum Gasteiger partial charge on any atom is 0.0937 e. The van der Waals surface area contributed by atoms with E-state index in [4.69, 9.17) is 11.1 Å². The highest BCUT2D eigenvalue weighted by Gasteiger charge is 2.21. The normalized spacial score (nSPS) is 17.6. The second-order valence-electron chi connectivity index (χ2n) is 5.88. The third-order valence-electron chi connectivity index (χ3n) is 4.25. The number of amidine groups is 1. The molecule has 0 unspecified atom stereocenters. The van der Waals surface area contributed by atoms with E-state index in [1.807, 2.05) is 0 Å². The molecule has 0 aliphatic carbocycles. The zero-order valence-corrected chi connectivity index (χ0v) is 12.3. The predicted molar refractivity (Wildman–Crippen MR) is 80.6 cm³/mol. The van der Waals surface area contributed by atoms with Crippen molar-refractivity contribution in [2.45, 2.75) is 40.2 Å². The first-order chi connectivity index (χ1) is 8.97. The summed E-state index contributed by atoms with van der Waals surface area (Å²) < 4.78 is 0. The second kappa shape index (κ2) is 5.74. The minimum atomic E-state index is 0.302. The van der Waals surface area contributed by atoms with Crippen LogP contribution in [0, 0.1) is 32.1 Å². The maximum absolute atomic E-state index is 7.53. The van der Waals surface area contributed by atoms with E-state index in [1.165, 1.54) is 22.3 Å². The standard InChI is InChI=1S/C16H25N3/c1-11-8-12(2)15(13(3)9-11)10-19-6-4-14(5-7-19)16(17)18/h8-9,14H,4-7,10H2,1-3H3,(H3,17,18). The van der Waals surface area contributed by atoms with E-state index in [0.29, 0.717) is 11.8 Å². The van der Waals surface area contributed by atoms with Crippen molar-refractivity contribution in [2.75, 3.05) is 13.1 Å². The van der Waals surface area contributed by atoms with Gasteiger partial charge in [0.25, 0.3) is 0 Å². The Hall–Kier alpha value is -1.35. The Labute approximate surface area is 116 Å². The number of likely N-dealkylation sites (tertiary alicyclic amines) is 1. The van der Waals surface area contributed by atoms with E-state index in [1.54, 1.807) is 0 Å².